The van der Waals surface area contributed by atoms with E-state index >= 15 is 0 Å². The first kappa shape index (κ1) is 15.3. The average Bonchev–Trinajstić information content (AvgIpc) is 3.36. The van der Waals surface area contributed by atoms with Gasteiger partial charge >= 0.3 is 0 Å². The fourth-order valence-corrected chi connectivity index (χ4v) is 3.55. The topological polar surface area (TPSA) is 84.7 Å². The van der Waals surface area contributed by atoms with Gasteiger partial charge in [-0.3, -0.25) is 4.79 Å². The molecule has 1 aromatic carbocycles. The van der Waals surface area contributed by atoms with E-state index in [2.05, 4.69) is 16.0 Å². The third kappa shape index (κ3) is 2.53. The zero-order valence-electron chi connectivity index (χ0n) is 13.2. The molecule has 1 unspecified atom stereocenters. The first-order chi connectivity index (χ1) is 12.2. The highest BCUT2D eigenvalue weighted by atomic mass is 32.1. The number of thiazole rings is 1. The summed E-state index contributed by atoms with van der Waals surface area (Å²) in [5.41, 5.74) is 1.64. The van der Waals surface area contributed by atoms with E-state index in [9.17, 15) is 10.1 Å². The van der Waals surface area contributed by atoms with E-state index in [1.165, 1.54) is 17.5 Å². The van der Waals surface area contributed by atoms with E-state index in [0.29, 0.717) is 21.5 Å². The van der Waals surface area contributed by atoms with Crippen LogP contribution in [0.2, 0.25) is 0 Å². The molecule has 0 N–H and O–H groups in total. The lowest BCUT2D eigenvalue weighted by atomic mass is 10.0. The van der Waals surface area contributed by atoms with E-state index in [-0.39, 0.29) is 5.78 Å². The third-order valence-corrected chi connectivity index (χ3v) is 4.98. The standard InChI is InChI=1S/C18H12N4O2S/c1-22-13-6-3-2-5-12(13)21-17(22)11(9-19)16(23)15-10-20-18(25-15)14-7-4-8-24-14/h2-8,10-11H,1H3. The van der Waals surface area contributed by atoms with Crippen LogP contribution in [0.4, 0.5) is 0 Å². The average molecular weight is 348 g/mol. The molecule has 0 bridgehead atoms. The number of nitriles is 1. The summed E-state index contributed by atoms with van der Waals surface area (Å²) in [4.78, 5) is 22.0. The molecule has 3 aromatic heterocycles. The van der Waals surface area contributed by atoms with Crippen molar-refractivity contribution in [2.45, 2.75) is 5.92 Å². The Balaban J connectivity index is 1.72. The number of aryl methyl sites for hydroxylation is 1. The number of carbonyl (C=O) groups is 1. The molecule has 0 amide bonds. The summed E-state index contributed by atoms with van der Waals surface area (Å²) in [6.45, 7) is 0. The highest BCUT2D eigenvalue weighted by molar-refractivity contribution is 7.16. The van der Waals surface area contributed by atoms with Crippen LogP contribution < -0.4 is 0 Å². The van der Waals surface area contributed by atoms with Crippen molar-refractivity contribution < 1.29 is 9.21 Å². The van der Waals surface area contributed by atoms with Crippen LogP contribution in [0, 0.1) is 11.3 Å². The maximum atomic E-state index is 12.9. The van der Waals surface area contributed by atoms with Crippen molar-refractivity contribution in [3.05, 3.63) is 59.6 Å². The minimum Gasteiger partial charge on any atom is -0.462 e. The molecular formula is C18H12N4O2S. The van der Waals surface area contributed by atoms with Gasteiger partial charge in [0.25, 0.3) is 0 Å². The number of nitrogens with zero attached hydrogens (tertiary/aromatic N) is 4. The van der Waals surface area contributed by atoms with Crippen molar-refractivity contribution in [3.8, 4) is 16.8 Å². The summed E-state index contributed by atoms with van der Waals surface area (Å²) in [7, 11) is 1.81. The maximum Gasteiger partial charge on any atom is 0.199 e. The van der Waals surface area contributed by atoms with Crippen LogP contribution in [-0.2, 0) is 7.05 Å². The van der Waals surface area contributed by atoms with Crippen LogP contribution in [-0.4, -0.2) is 20.3 Å². The molecule has 25 heavy (non-hydrogen) atoms. The number of ketones is 1. The van der Waals surface area contributed by atoms with Gasteiger partial charge in [0.2, 0.25) is 0 Å². The second kappa shape index (κ2) is 6.00. The fourth-order valence-electron chi connectivity index (χ4n) is 2.70. The van der Waals surface area contributed by atoms with Gasteiger partial charge in [0, 0.05) is 13.2 Å². The highest BCUT2D eigenvalue weighted by Gasteiger charge is 2.28. The lowest BCUT2D eigenvalue weighted by Gasteiger charge is -2.06. The summed E-state index contributed by atoms with van der Waals surface area (Å²) >= 11 is 1.21. The van der Waals surface area contributed by atoms with Crippen molar-refractivity contribution in [2.75, 3.05) is 0 Å². The van der Waals surface area contributed by atoms with Gasteiger partial charge in [-0.1, -0.05) is 12.1 Å². The van der Waals surface area contributed by atoms with E-state index in [0.717, 1.165) is 11.0 Å². The van der Waals surface area contributed by atoms with Crippen molar-refractivity contribution >= 4 is 28.2 Å². The summed E-state index contributed by atoms with van der Waals surface area (Å²) in [6, 6.07) is 13.2. The summed E-state index contributed by atoms with van der Waals surface area (Å²) < 4.78 is 7.09. The number of benzene rings is 1. The van der Waals surface area contributed by atoms with Gasteiger partial charge in [-0.2, -0.15) is 5.26 Å². The first-order valence-electron chi connectivity index (χ1n) is 7.54. The quantitative estimate of drug-likeness (QED) is 0.524. The molecule has 0 spiro atoms. The van der Waals surface area contributed by atoms with E-state index < -0.39 is 5.92 Å². The van der Waals surface area contributed by atoms with Gasteiger partial charge in [0.05, 0.1) is 28.2 Å². The number of hydrogen-bond acceptors (Lipinski definition) is 6. The number of carbonyl (C=O) groups excluding carboxylic acids is 1. The molecule has 3 heterocycles. The molecule has 4 rings (SSSR count). The van der Waals surface area contributed by atoms with Crippen LogP contribution in [0.1, 0.15) is 21.4 Å². The summed E-state index contributed by atoms with van der Waals surface area (Å²) in [5, 5.41) is 10.2. The molecule has 0 radical (unpaired) electrons. The van der Waals surface area contributed by atoms with Crippen molar-refractivity contribution in [3.63, 3.8) is 0 Å². The normalized spacial score (nSPS) is 12.2. The minimum absolute atomic E-state index is 0.309. The van der Waals surface area contributed by atoms with Gasteiger partial charge in [-0.05, 0) is 24.3 Å². The second-order valence-corrected chi connectivity index (χ2v) is 6.48. The molecule has 1 atom stereocenters. The largest absolute Gasteiger partial charge is 0.462 e. The number of para-hydroxylation sites is 2. The third-order valence-electron chi connectivity index (χ3n) is 3.95. The van der Waals surface area contributed by atoms with Gasteiger partial charge in [0.15, 0.2) is 22.5 Å². The van der Waals surface area contributed by atoms with Crippen LogP contribution in [0.3, 0.4) is 0 Å². The molecule has 4 aromatic rings. The maximum absolute atomic E-state index is 12.9. The van der Waals surface area contributed by atoms with E-state index in [4.69, 9.17) is 4.42 Å². The summed E-state index contributed by atoms with van der Waals surface area (Å²) in [6.07, 6.45) is 3.04. The Morgan fingerprint density at radius 3 is 2.88 bits per heavy atom. The molecule has 7 heteroatoms. The molecule has 0 aliphatic rings. The number of hydrogen-bond donors (Lipinski definition) is 0. The zero-order valence-corrected chi connectivity index (χ0v) is 14.0. The lowest BCUT2D eigenvalue weighted by molar-refractivity contribution is 0.0979. The van der Waals surface area contributed by atoms with E-state index in [1.807, 2.05) is 31.3 Å². The molecule has 0 aliphatic carbocycles. The van der Waals surface area contributed by atoms with Crippen LogP contribution in [0.15, 0.2) is 53.3 Å². The van der Waals surface area contributed by atoms with Gasteiger partial charge < -0.3 is 8.98 Å². The molecule has 122 valence electrons. The van der Waals surface area contributed by atoms with Gasteiger partial charge in [0.1, 0.15) is 5.82 Å². The second-order valence-electron chi connectivity index (χ2n) is 5.45. The Labute approximate surface area is 147 Å². The fraction of sp³-hybridized carbons (Fsp3) is 0.111. The number of Topliss-reactive ketones (excluding diaryl/α,β-unsaturated/α-hetero) is 1. The van der Waals surface area contributed by atoms with Crippen molar-refractivity contribution in [1.82, 2.24) is 14.5 Å². The monoisotopic (exact) mass is 348 g/mol. The molecule has 6 nitrogen and oxygen atoms in total. The van der Waals surface area contributed by atoms with Gasteiger partial charge in [-0.25, -0.2) is 9.97 Å². The number of rotatable bonds is 4. The Kier molecular flexibility index (Phi) is 3.67. The predicted molar refractivity (Wildman–Crippen MR) is 93.2 cm³/mol. The molecular weight excluding hydrogens is 336 g/mol. The van der Waals surface area contributed by atoms with Crippen LogP contribution in [0.5, 0.6) is 0 Å². The number of furan rings is 1. The Morgan fingerprint density at radius 1 is 1.32 bits per heavy atom. The predicted octanol–water partition coefficient (Wildman–Crippen LogP) is 3.78. The number of imidazole rings is 1. The lowest BCUT2D eigenvalue weighted by Crippen LogP contribution is -2.14. The van der Waals surface area contributed by atoms with Crippen molar-refractivity contribution in [2.24, 2.45) is 7.05 Å². The number of aromatic nitrogens is 3. The molecule has 0 saturated carbocycles. The Hall–Kier alpha value is -3.24. The van der Waals surface area contributed by atoms with Gasteiger partial charge in [-0.15, -0.1) is 11.3 Å². The van der Waals surface area contributed by atoms with E-state index in [1.54, 1.807) is 23.0 Å². The zero-order chi connectivity index (χ0) is 17.4. The molecule has 0 aliphatic heterocycles. The Morgan fingerprint density at radius 2 is 2.16 bits per heavy atom. The minimum atomic E-state index is -0.984. The Bertz CT molecular complexity index is 1100. The summed E-state index contributed by atoms with van der Waals surface area (Å²) in [5.74, 6) is -0.263. The van der Waals surface area contributed by atoms with Crippen LogP contribution >= 0.6 is 11.3 Å². The smallest absolute Gasteiger partial charge is 0.199 e. The first-order valence-corrected chi connectivity index (χ1v) is 8.35. The molecule has 0 fully saturated rings. The highest BCUT2D eigenvalue weighted by Crippen LogP contribution is 2.30. The van der Waals surface area contributed by atoms with Crippen LogP contribution in [0.25, 0.3) is 21.8 Å². The molecule has 0 saturated heterocycles. The number of fused-ring (bicyclic) bond motifs is 1. The van der Waals surface area contributed by atoms with Crippen molar-refractivity contribution in [1.29, 1.82) is 5.26 Å². The SMILES string of the molecule is Cn1c(C(C#N)C(=O)c2cnc(-c3ccco3)s2)nc2ccccc21.